The van der Waals surface area contributed by atoms with Crippen molar-refractivity contribution >= 4 is 11.0 Å². The van der Waals surface area contributed by atoms with Crippen LogP contribution in [0, 0.1) is 5.92 Å². The van der Waals surface area contributed by atoms with Gasteiger partial charge in [0.1, 0.15) is 5.82 Å². The molecule has 6 rings (SSSR count). The van der Waals surface area contributed by atoms with E-state index < -0.39 is 0 Å². The van der Waals surface area contributed by atoms with E-state index in [2.05, 4.69) is 74.9 Å². The van der Waals surface area contributed by atoms with Crippen molar-refractivity contribution < 1.29 is 0 Å². The van der Waals surface area contributed by atoms with Crippen molar-refractivity contribution in [3.8, 4) is 0 Å². The van der Waals surface area contributed by atoms with E-state index in [0.717, 1.165) is 44.5 Å². The smallest absolute Gasteiger partial charge is 0.124 e. The molecule has 2 aliphatic rings. The number of aromatic nitrogens is 4. The topological polar surface area (TPSA) is 50.1 Å². The molecule has 0 unspecified atom stereocenters. The van der Waals surface area contributed by atoms with E-state index in [4.69, 9.17) is 9.97 Å². The molecular weight excluding hydrogens is 444 g/mol. The summed E-state index contributed by atoms with van der Waals surface area (Å²) >= 11 is 0. The van der Waals surface area contributed by atoms with Crippen LogP contribution in [-0.2, 0) is 26.1 Å². The Morgan fingerprint density at radius 2 is 1.86 bits per heavy atom. The summed E-state index contributed by atoms with van der Waals surface area (Å²) in [4.78, 5) is 19.2. The Morgan fingerprint density at radius 3 is 2.78 bits per heavy atom. The van der Waals surface area contributed by atoms with Crippen molar-refractivity contribution in [2.45, 2.75) is 57.8 Å². The third kappa shape index (κ3) is 4.93. The highest BCUT2D eigenvalue weighted by atomic mass is 15.2. The molecule has 1 saturated heterocycles. The number of hydrogen-bond donors (Lipinski definition) is 0. The SMILES string of the molecule is CN(Cc1nc2ccccc2n1C[C@H]1CCCN(Cc2ccncc2)C1)[C@H]1CCCc2cccnc21. The van der Waals surface area contributed by atoms with E-state index in [9.17, 15) is 0 Å². The van der Waals surface area contributed by atoms with Crippen molar-refractivity contribution in [2.75, 3.05) is 20.1 Å². The Labute approximate surface area is 214 Å². The maximum atomic E-state index is 5.14. The number of likely N-dealkylation sites (tertiary alicyclic amines) is 1. The van der Waals surface area contributed by atoms with Gasteiger partial charge >= 0.3 is 0 Å². The molecule has 36 heavy (non-hydrogen) atoms. The molecule has 2 atom stereocenters. The maximum absolute atomic E-state index is 5.14. The molecule has 4 heterocycles. The van der Waals surface area contributed by atoms with Gasteiger partial charge in [-0.25, -0.2) is 4.98 Å². The van der Waals surface area contributed by atoms with Gasteiger partial charge in [-0.15, -0.1) is 0 Å². The van der Waals surface area contributed by atoms with Crippen LogP contribution in [0.15, 0.2) is 67.1 Å². The molecular formula is C30H36N6. The molecule has 0 bridgehead atoms. The lowest BCUT2D eigenvalue weighted by Crippen LogP contribution is -2.37. The second-order valence-corrected chi connectivity index (χ2v) is 10.6. The van der Waals surface area contributed by atoms with Crippen molar-refractivity contribution in [3.63, 3.8) is 0 Å². The van der Waals surface area contributed by atoms with Crippen LogP contribution in [0.25, 0.3) is 11.0 Å². The highest BCUT2D eigenvalue weighted by molar-refractivity contribution is 5.75. The molecule has 1 aliphatic heterocycles. The summed E-state index contributed by atoms with van der Waals surface area (Å²) in [5, 5.41) is 0. The van der Waals surface area contributed by atoms with Gasteiger partial charge in [-0.2, -0.15) is 0 Å². The number of nitrogens with zero attached hydrogens (tertiary/aromatic N) is 6. The van der Waals surface area contributed by atoms with Crippen LogP contribution < -0.4 is 0 Å². The van der Waals surface area contributed by atoms with Gasteiger partial charge in [0.2, 0.25) is 0 Å². The lowest BCUT2D eigenvalue weighted by Gasteiger charge is -2.34. The minimum atomic E-state index is 0.355. The fourth-order valence-corrected chi connectivity index (χ4v) is 6.25. The van der Waals surface area contributed by atoms with Crippen LogP contribution in [0.2, 0.25) is 0 Å². The number of piperidine rings is 1. The Bertz CT molecular complexity index is 1300. The van der Waals surface area contributed by atoms with Crippen molar-refractivity contribution in [2.24, 2.45) is 5.92 Å². The number of imidazole rings is 1. The van der Waals surface area contributed by atoms with Gasteiger partial charge in [0.15, 0.2) is 0 Å². The number of fused-ring (bicyclic) bond motifs is 2. The minimum absolute atomic E-state index is 0.355. The van der Waals surface area contributed by atoms with Crippen LogP contribution >= 0.6 is 0 Å². The first kappa shape index (κ1) is 23.3. The first-order valence-electron chi connectivity index (χ1n) is 13.4. The standard InChI is InChI=1S/C30H36N6/c1-34(28-12-4-8-25-9-5-15-32-30(25)28)22-29-33-26-10-2-3-11-27(26)36(29)21-24-7-6-18-35(20-24)19-23-13-16-31-17-14-23/h2-3,5,9-11,13-17,24,28H,4,6-8,12,18-22H2,1H3/t24-,28-/m0/s1. The van der Waals surface area contributed by atoms with Gasteiger partial charge in [-0.3, -0.25) is 19.8 Å². The zero-order valence-electron chi connectivity index (χ0n) is 21.3. The first-order chi connectivity index (χ1) is 17.7. The molecule has 186 valence electrons. The van der Waals surface area contributed by atoms with Crippen molar-refractivity contribution in [1.29, 1.82) is 0 Å². The lowest BCUT2D eigenvalue weighted by atomic mass is 9.91. The second kappa shape index (κ2) is 10.5. The van der Waals surface area contributed by atoms with Crippen LogP contribution in [0.4, 0.5) is 0 Å². The molecule has 0 saturated carbocycles. The Hall–Kier alpha value is -3.09. The highest BCUT2D eigenvalue weighted by Gasteiger charge is 2.27. The number of para-hydroxylation sites is 2. The zero-order chi connectivity index (χ0) is 24.3. The molecule has 0 N–H and O–H groups in total. The second-order valence-electron chi connectivity index (χ2n) is 10.6. The Morgan fingerprint density at radius 1 is 0.972 bits per heavy atom. The van der Waals surface area contributed by atoms with E-state index >= 15 is 0 Å². The highest BCUT2D eigenvalue weighted by Crippen LogP contribution is 2.33. The van der Waals surface area contributed by atoms with E-state index in [1.165, 1.54) is 54.0 Å². The average Bonchev–Trinajstić information content (AvgIpc) is 3.25. The summed E-state index contributed by atoms with van der Waals surface area (Å²) in [6, 6.07) is 17.6. The number of hydrogen-bond acceptors (Lipinski definition) is 5. The molecule has 1 fully saturated rings. The van der Waals surface area contributed by atoms with Gasteiger partial charge in [0.25, 0.3) is 0 Å². The molecule has 4 aromatic rings. The van der Waals surface area contributed by atoms with Crippen molar-refractivity contribution in [1.82, 2.24) is 29.3 Å². The third-order valence-corrected chi connectivity index (χ3v) is 8.02. The summed E-state index contributed by atoms with van der Waals surface area (Å²) < 4.78 is 2.51. The molecule has 1 aliphatic carbocycles. The van der Waals surface area contributed by atoms with Crippen molar-refractivity contribution in [3.05, 3.63) is 89.8 Å². The quantitative estimate of drug-likeness (QED) is 0.362. The van der Waals surface area contributed by atoms with Gasteiger partial charge in [-0.05, 0) is 93.1 Å². The van der Waals surface area contributed by atoms with Gasteiger partial charge in [0.05, 0.1) is 29.3 Å². The fraction of sp³-hybridized carbons (Fsp3) is 0.433. The first-order valence-corrected chi connectivity index (χ1v) is 13.4. The maximum Gasteiger partial charge on any atom is 0.124 e. The minimum Gasteiger partial charge on any atom is -0.327 e. The van der Waals surface area contributed by atoms with Crippen LogP contribution in [-0.4, -0.2) is 49.5 Å². The Balaban J connectivity index is 1.22. The largest absolute Gasteiger partial charge is 0.327 e. The van der Waals surface area contributed by atoms with Crippen LogP contribution in [0.3, 0.4) is 0 Å². The molecule has 3 aromatic heterocycles. The molecule has 0 amide bonds. The predicted octanol–water partition coefficient (Wildman–Crippen LogP) is 5.25. The molecule has 6 heteroatoms. The summed E-state index contributed by atoms with van der Waals surface area (Å²) in [5.74, 6) is 1.80. The Kier molecular flexibility index (Phi) is 6.79. The summed E-state index contributed by atoms with van der Waals surface area (Å²) in [7, 11) is 2.25. The van der Waals surface area contributed by atoms with Crippen LogP contribution in [0.5, 0.6) is 0 Å². The van der Waals surface area contributed by atoms with Gasteiger partial charge < -0.3 is 4.57 Å². The van der Waals surface area contributed by atoms with Crippen LogP contribution in [0.1, 0.15) is 54.4 Å². The molecule has 0 spiro atoms. The van der Waals surface area contributed by atoms with E-state index in [1.807, 2.05) is 18.6 Å². The number of pyridine rings is 2. The van der Waals surface area contributed by atoms with E-state index in [1.54, 1.807) is 0 Å². The normalized spacial score (nSPS) is 20.6. The van der Waals surface area contributed by atoms with E-state index in [0.29, 0.717) is 12.0 Å². The predicted molar refractivity (Wildman–Crippen MR) is 143 cm³/mol. The summed E-state index contributed by atoms with van der Waals surface area (Å²) in [6.45, 7) is 5.17. The third-order valence-electron chi connectivity index (χ3n) is 8.02. The van der Waals surface area contributed by atoms with E-state index in [-0.39, 0.29) is 0 Å². The van der Waals surface area contributed by atoms with Gasteiger partial charge in [-0.1, -0.05) is 18.2 Å². The van der Waals surface area contributed by atoms with Gasteiger partial charge in [0, 0.05) is 38.2 Å². The zero-order valence-corrected chi connectivity index (χ0v) is 21.3. The summed E-state index contributed by atoms with van der Waals surface area (Å²) in [6.07, 6.45) is 11.8. The molecule has 0 radical (unpaired) electrons. The fourth-order valence-electron chi connectivity index (χ4n) is 6.25. The summed E-state index contributed by atoms with van der Waals surface area (Å²) in [5.41, 5.74) is 6.38. The molecule has 6 nitrogen and oxygen atoms in total. The lowest BCUT2D eigenvalue weighted by molar-refractivity contribution is 0.153. The monoisotopic (exact) mass is 480 g/mol. The molecule has 1 aromatic carbocycles. The number of rotatable bonds is 7. The average molecular weight is 481 g/mol. The number of benzene rings is 1. The number of aryl methyl sites for hydroxylation is 1.